The topological polar surface area (TPSA) is 31.2 Å². The van der Waals surface area contributed by atoms with Crippen LogP contribution in [0.2, 0.25) is 0 Å². The van der Waals surface area contributed by atoms with Crippen molar-refractivity contribution in [2.24, 2.45) is 5.92 Å². The molecule has 0 bridgehead atoms. The lowest BCUT2D eigenvalue weighted by Gasteiger charge is -2.04. The first-order valence-corrected chi connectivity index (χ1v) is 5.32. The number of alkyl halides is 3. The van der Waals surface area contributed by atoms with Crippen molar-refractivity contribution >= 4 is 5.78 Å². The Hall–Kier alpha value is -1.30. The van der Waals surface area contributed by atoms with E-state index in [0.29, 0.717) is 12.5 Å². The van der Waals surface area contributed by atoms with Gasteiger partial charge in [-0.2, -0.15) is 13.2 Å². The minimum atomic E-state index is -4.82. The lowest BCUT2D eigenvalue weighted by Crippen LogP contribution is -2.22. The molecule has 0 unspecified atom stereocenters. The first-order chi connectivity index (χ1) is 7.97. The molecule has 1 aliphatic rings. The van der Waals surface area contributed by atoms with Gasteiger partial charge in [0.15, 0.2) is 0 Å². The molecule has 1 heterocycles. The van der Waals surface area contributed by atoms with Crippen molar-refractivity contribution in [1.82, 2.24) is 4.57 Å². The molecule has 1 aromatic heterocycles. The second-order valence-corrected chi connectivity index (χ2v) is 4.18. The number of Topliss-reactive ketones (excluding diaryl/α,β-unsaturated/α-hetero) is 1. The van der Waals surface area contributed by atoms with Gasteiger partial charge in [-0.15, -0.1) is 0 Å². The fraction of sp³-hybridized carbons (Fsp3) is 0.545. The molecule has 2 rings (SSSR count). The second kappa shape index (κ2) is 4.52. The highest BCUT2D eigenvalue weighted by Gasteiger charge is 2.39. The third kappa shape index (κ3) is 3.33. The molecule has 17 heavy (non-hydrogen) atoms. The average molecular weight is 247 g/mol. The highest BCUT2D eigenvalue weighted by atomic mass is 19.4. The number of carbonyl (C=O) groups excluding carboxylic acids is 1. The Kier molecular flexibility index (Phi) is 3.24. The summed E-state index contributed by atoms with van der Waals surface area (Å²) in [6, 6.07) is 1.15. The van der Waals surface area contributed by atoms with E-state index in [9.17, 15) is 18.0 Å². The molecule has 0 radical (unpaired) electrons. The third-order valence-corrected chi connectivity index (χ3v) is 2.56. The van der Waals surface area contributed by atoms with Crippen LogP contribution in [0.3, 0.4) is 0 Å². The van der Waals surface area contributed by atoms with Gasteiger partial charge in [-0.1, -0.05) is 0 Å². The summed E-state index contributed by atoms with van der Waals surface area (Å²) in [5, 5.41) is 0. The van der Waals surface area contributed by atoms with Crippen LogP contribution >= 0.6 is 0 Å². The van der Waals surface area contributed by atoms with Crippen LogP contribution in [0.5, 0.6) is 0 Å². The smallest absolute Gasteiger partial charge is 0.361 e. The Bertz CT molecular complexity index is 407. The third-order valence-electron chi connectivity index (χ3n) is 2.56. The van der Waals surface area contributed by atoms with E-state index in [2.05, 4.69) is 0 Å². The van der Waals surface area contributed by atoms with Gasteiger partial charge in [0.05, 0.1) is 6.61 Å². The molecule has 0 spiro atoms. The van der Waals surface area contributed by atoms with Crippen LogP contribution in [0.25, 0.3) is 0 Å². The summed E-state index contributed by atoms with van der Waals surface area (Å²) in [6.07, 6.45) is 0.0582. The largest absolute Gasteiger partial charge is 0.454 e. The molecule has 3 nitrogen and oxygen atoms in total. The number of ether oxygens (including phenoxy) is 1. The molecule has 0 amide bonds. The molecule has 6 heteroatoms. The predicted molar refractivity (Wildman–Crippen MR) is 53.5 cm³/mol. The zero-order valence-corrected chi connectivity index (χ0v) is 9.04. The number of carbonyl (C=O) groups is 1. The zero-order chi connectivity index (χ0) is 12.5. The van der Waals surface area contributed by atoms with Crippen molar-refractivity contribution in [1.29, 1.82) is 0 Å². The van der Waals surface area contributed by atoms with E-state index < -0.39 is 12.0 Å². The van der Waals surface area contributed by atoms with Gasteiger partial charge in [-0.05, 0) is 24.8 Å². The van der Waals surface area contributed by atoms with Crippen LogP contribution in [0.4, 0.5) is 13.2 Å². The number of aromatic nitrogens is 1. The summed E-state index contributed by atoms with van der Waals surface area (Å²) in [7, 11) is 0. The van der Waals surface area contributed by atoms with E-state index in [1.807, 2.05) is 0 Å². The van der Waals surface area contributed by atoms with Gasteiger partial charge in [-0.3, -0.25) is 4.79 Å². The standard InChI is InChI=1S/C11H12F3NO2/c12-11(13,14)10(16)9-3-4-15(5-9)7-17-6-8-1-2-8/h3-5,8H,1-2,6-7H2. The number of hydrogen-bond donors (Lipinski definition) is 0. The highest BCUT2D eigenvalue weighted by molar-refractivity contribution is 6.00. The number of hydrogen-bond acceptors (Lipinski definition) is 2. The van der Waals surface area contributed by atoms with Crippen molar-refractivity contribution in [3.05, 3.63) is 24.0 Å². The van der Waals surface area contributed by atoms with E-state index in [-0.39, 0.29) is 12.3 Å². The Labute approximate surface area is 96.2 Å². The maximum Gasteiger partial charge on any atom is 0.454 e. The van der Waals surface area contributed by atoms with E-state index in [0.717, 1.165) is 25.1 Å². The molecule has 1 fully saturated rings. The summed E-state index contributed by atoms with van der Waals surface area (Å²) in [5.74, 6) is -1.22. The molecule has 1 aliphatic carbocycles. The lowest BCUT2D eigenvalue weighted by atomic mass is 10.2. The molecule has 1 aromatic rings. The van der Waals surface area contributed by atoms with Crippen molar-refractivity contribution in [2.75, 3.05) is 6.61 Å². The van der Waals surface area contributed by atoms with Crippen molar-refractivity contribution < 1.29 is 22.7 Å². The van der Waals surface area contributed by atoms with Crippen LogP contribution in [-0.2, 0) is 11.5 Å². The first kappa shape index (κ1) is 12.2. The van der Waals surface area contributed by atoms with E-state index >= 15 is 0 Å². The molecule has 0 aromatic carbocycles. The number of rotatable bonds is 5. The molecule has 94 valence electrons. The quantitative estimate of drug-likeness (QED) is 0.749. The van der Waals surface area contributed by atoms with Gasteiger partial charge in [-0.25, -0.2) is 0 Å². The zero-order valence-electron chi connectivity index (χ0n) is 9.04. The van der Waals surface area contributed by atoms with E-state index in [4.69, 9.17) is 4.74 Å². The lowest BCUT2D eigenvalue weighted by molar-refractivity contribution is -0.0885. The Balaban J connectivity index is 1.88. The van der Waals surface area contributed by atoms with Crippen LogP contribution in [-0.4, -0.2) is 23.1 Å². The van der Waals surface area contributed by atoms with E-state index in [1.54, 1.807) is 0 Å². The van der Waals surface area contributed by atoms with Gasteiger partial charge in [0.1, 0.15) is 6.73 Å². The van der Waals surface area contributed by atoms with E-state index in [1.165, 1.54) is 10.8 Å². The highest BCUT2D eigenvalue weighted by Crippen LogP contribution is 2.28. The average Bonchev–Trinajstić information content (AvgIpc) is 2.93. The molecule has 0 aliphatic heterocycles. The normalized spacial score (nSPS) is 16.2. The molecular formula is C11H12F3NO2. The molecule has 0 N–H and O–H groups in total. The van der Waals surface area contributed by atoms with Crippen molar-refractivity contribution in [2.45, 2.75) is 25.7 Å². The maximum atomic E-state index is 12.1. The minimum absolute atomic E-state index is 0.182. The van der Waals surface area contributed by atoms with Gasteiger partial charge < -0.3 is 9.30 Å². The molecular weight excluding hydrogens is 235 g/mol. The summed E-state index contributed by atoms with van der Waals surface area (Å²) >= 11 is 0. The SMILES string of the molecule is O=C(c1ccn(COCC2CC2)c1)C(F)(F)F. The van der Waals surface area contributed by atoms with Crippen molar-refractivity contribution in [3.8, 4) is 0 Å². The fourth-order valence-corrected chi connectivity index (χ4v) is 1.43. The number of nitrogens with zero attached hydrogens (tertiary/aromatic N) is 1. The minimum Gasteiger partial charge on any atom is -0.361 e. The Morgan fingerprint density at radius 3 is 2.76 bits per heavy atom. The summed E-state index contributed by atoms with van der Waals surface area (Å²) in [4.78, 5) is 10.9. The van der Waals surface area contributed by atoms with Crippen LogP contribution < -0.4 is 0 Å². The summed E-state index contributed by atoms with van der Waals surface area (Å²) in [5.41, 5.74) is -0.354. The van der Waals surface area contributed by atoms with Crippen LogP contribution in [0.15, 0.2) is 18.5 Å². The fourth-order valence-electron chi connectivity index (χ4n) is 1.43. The maximum absolute atomic E-state index is 12.1. The Morgan fingerprint density at radius 2 is 2.18 bits per heavy atom. The van der Waals surface area contributed by atoms with Crippen molar-refractivity contribution in [3.63, 3.8) is 0 Å². The first-order valence-electron chi connectivity index (χ1n) is 5.32. The number of halogens is 3. The molecule has 0 saturated heterocycles. The summed E-state index contributed by atoms with van der Waals surface area (Å²) < 4.78 is 43.1. The van der Waals surface area contributed by atoms with Gasteiger partial charge >= 0.3 is 6.18 Å². The van der Waals surface area contributed by atoms with Crippen LogP contribution in [0, 0.1) is 5.92 Å². The van der Waals surface area contributed by atoms with Gasteiger partial charge in [0.25, 0.3) is 5.78 Å². The summed E-state index contributed by atoms with van der Waals surface area (Å²) in [6.45, 7) is 0.808. The number of ketones is 1. The van der Waals surface area contributed by atoms with Gasteiger partial charge in [0, 0.05) is 18.0 Å². The second-order valence-electron chi connectivity index (χ2n) is 4.18. The van der Waals surface area contributed by atoms with Crippen LogP contribution in [0.1, 0.15) is 23.2 Å². The van der Waals surface area contributed by atoms with Gasteiger partial charge in [0.2, 0.25) is 0 Å². The molecule has 1 saturated carbocycles. The Morgan fingerprint density at radius 1 is 1.47 bits per heavy atom. The monoisotopic (exact) mass is 247 g/mol. The molecule has 0 atom stereocenters. The predicted octanol–water partition coefficient (Wildman–Crippen LogP) is 2.62.